The summed E-state index contributed by atoms with van der Waals surface area (Å²) in [7, 11) is 0. The lowest BCUT2D eigenvalue weighted by Crippen LogP contribution is -2.42. The van der Waals surface area contributed by atoms with Gasteiger partial charge in [0.1, 0.15) is 0 Å². The molecule has 2 saturated heterocycles. The van der Waals surface area contributed by atoms with E-state index in [0.29, 0.717) is 5.92 Å². The predicted octanol–water partition coefficient (Wildman–Crippen LogP) is 1.08. The molecule has 2 unspecified atom stereocenters. The van der Waals surface area contributed by atoms with E-state index in [-0.39, 0.29) is 11.8 Å². The molecule has 0 aromatic rings. The summed E-state index contributed by atoms with van der Waals surface area (Å²) in [6, 6.07) is 0. The van der Waals surface area contributed by atoms with Crippen LogP contribution in [0.15, 0.2) is 0 Å². The molecule has 0 aromatic carbocycles. The summed E-state index contributed by atoms with van der Waals surface area (Å²) in [5.41, 5.74) is 0. The Bertz CT molecular complexity index is 287. The van der Waals surface area contributed by atoms with Gasteiger partial charge in [0, 0.05) is 26.2 Å². The lowest BCUT2D eigenvalue weighted by atomic mass is 9.98. The number of likely N-dealkylation sites (tertiary alicyclic amines) is 1. The van der Waals surface area contributed by atoms with E-state index < -0.39 is 0 Å². The highest BCUT2D eigenvalue weighted by Gasteiger charge is 2.25. The number of nitrogens with zero attached hydrogens (tertiary/aromatic N) is 1. The Balaban J connectivity index is 1.64. The molecule has 4 heteroatoms. The fourth-order valence-electron chi connectivity index (χ4n) is 3.23. The maximum Gasteiger partial charge on any atom is 0.224 e. The number of carbonyl (C=O) groups excluding carboxylic acids is 1. The number of carbonyl (C=O) groups is 1. The van der Waals surface area contributed by atoms with E-state index in [9.17, 15) is 4.79 Å². The Morgan fingerprint density at radius 1 is 1.42 bits per heavy atom. The van der Waals surface area contributed by atoms with Gasteiger partial charge < -0.3 is 15.5 Å². The zero-order valence-corrected chi connectivity index (χ0v) is 12.5. The van der Waals surface area contributed by atoms with Crippen molar-refractivity contribution < 1.29 is 4.79 Å². The molecule has 4 nitrogen and oxygen atoms in total. The summed E-state index contributed by atoms with van der Waals surface area (Å²) in [5.74, 6) is 1.84. The number of hydrogen-bond donors (Lipinski definition) is 2. The first kappa shape index (κ1) is 14.8. The number of amides is 1. The first-order valence-electron chi connectivity index (χ1n) is 7.86. The number of hydrogen-bond acceptors (Lipinski definition) is 3. The van der Waals surface area contributed by atoms with Crippen molar-refractivity contribution in [2.24, 2.45) is 17.8 Å². The molecule has 0 radical (unpaired) electrons. The molecule has 2 fully saturated rings. The van der Waals surface area contributed by atoms with Crippen LogP contribution in [0.4, 0.5) is 0 Å². The van der Waals surface area contributed by atoms with Crippen LogP contribution >= 0.6 is 0 Å². The van der Waals surface area contributed by atoms with Crippen molar-refractivity contribution in [3.8, 4) is 0 Å². The quantitative estimate of drug-likeness (QED) is 0.783. The molecule has 110 valence electrons. The van der Waals surface area contributed by atoms with Crippen molar-refractivity contribution in [1.82, 2.24) is 15.5 Å². The van der Waals surface area contributed by atoms with E-state index in [0.717, 1.165) is 44.9 Å². The number of piperidine rings is 1. The van der Waals surface area contributed by atoms with E-state index >= 15 is 0 Å². The summed E-state index contributed by atoms with van der Waals surface area (Å²) < 4.78 is 0. The van der Waals surface area contributed by atoms with E-state index in [1.807, 2.05) is 0 Å². The Morgan fingerprint density at radius 3 is 2.95 bits per heavy atom. The van der Waals surface area contributed by atoms with Crippen LogP contribution in [0.1, 0.15) is 33.1 Å². The van der Waals surface area contributed by atoms with Crippen LogP contribution in [-0.2, 0) is 4.79 Å². The van der Waals surface area contributed by atoms with Gasteiger partial charge in [0.2, 0.25) is 5.91 Å². The standard InChI is InChI=1S/C15H29N3O/c1-12(2)10-18-7-5-13(11-18)8-17-15(19)14-4-3-6-16-9-14/h12-14,16H,3-11H2,1-2H3,(H,17,19). The normalized spacial score (nSPS) is 28.8. The van der Waals surface area contributed by atoms with Crippen LogP contribution in [0, 0.1) is 17.8 Å². The van der Waals surface area contributed by atoms with Crippen LogP contribution in [0.2, 0.25) is 0 Å². The Morgan fingerprint density at radius 2 is 2.26 bits per heavy atom. The van der Waals surface area contributed by atoms with Gasteiger partial charge >= 0.3 is 0 Å². The highest BCUT2D eigenvalue weighted by molar-refractivity contribution is 5.78. The largest absolute Gasteiger partial charge is 0.355 e. The first-order chi connectivity index (χ1) is 9.15. The maximum absolute atomic E-state index is 12.0. The van der Waals surface area contributed by atoms with Gasteiger partial charge in [-0.25, -0.2) is 0 Å². The van der Waals surface area contributed by atoms with Crippen LogP contribution < -0.4 is 10.6 Å². The molecular weight excluding hydrogens is 238 g/mol. The van der Waals surface area contributed by atoms with Gasteiger partial charge in [0.05, 0.1) is 5.92 Å². The summed E-state index contributed by atoms with van der Waals surface area (Å²) in [6.45, 7) is 10.9. The second-order valence-electron chi connectivity index (χ2n) is 6.60. The molecular formula is C15H29N3O. The molecule has 19 heavy (non-hydrogen) atoms. The third-order valence-corrected chi connectivity index (χ3v) is 4.23. The second-order valence-corrected chi connectivity index (χ2v) is 6.60. The van der Waals surface area contributed by atoms with Crippen LogP contribution in [0.3, 0.4) is 0 Å². The van der Waals surface area contributed by atoms with Crippen LogP contribution in [0.5, 0.6) is 0 Å². The lowest BCUT2D eigenvalue weighted by molar-refractivity contribution is -0.125. The maximum atomic E-state index is 12.0. The van der Waals surface area contributed by atoms with Gasteiger partial charge in [-0.2, -0.15) is 0 Å². The summed E-state index contributed by atoms with van der Waals surface area (Å²) in [4.78, 5) is 14.6. The minimum Gasteiger partial charge on any atom is -0.355 e. The third kappa shape index (κ3) is 4.77. The molecule has 0 aromatic heterocycles. The van der Waals surface area contributed by atoms with Gasteiger partial charge in [-0.15, -0.1) is 0 Å². The molecule has 2 heterocycles. The summed E-state index contributed by atoms with van der Waals surface area (Å²) in [5, 5.41) is 6.47. The molecule has 0 spiro atoms. The molecule has 2 atom stereocenters. The highest BCUT2D eigenvalue weighted by atomic mass is 16.1. The van der Waals surface area contributed by atoms with E-state index in [2.05, 4.69) is 29.4 Å². The Hall–Kier alpha value is -0.610. The minimum absolute atomic E-state index is 0.196. The average Bonchev–Trinajstić information content (AvgIpc) is 2.84. The Labute approximate surface area is 117 Å². The zero-order valence-electron chi connectivity index (χ0n) is 12.5. The number of nitrogens with one attached hydrogen (secondary N) is 2. The molecule has 0 bridgehead atoms. The van der Waals surface area contributed by atoms with Crippen molar-refractivity contribution in [1.29, 1.82) is 0 Å². The van der Waals surface area contributed by atoms with Crippen molar-refractivity contribution in [2.45, 2.75) is 33.1 Å². The van der Waals surface area contributed by atoms with Crippen molar-refractivity contribution in [2.75, 3.05) is 39.3 Å². The average molecular weight is 267 g/mol. The first-order valence-corrected chi connectivity index (χ1v) is 7.86. The monoisotopic (exact) mass is 267 g/mol. The molecule has 0 saturated carbocycles. The third-order valence-electron chi connectivity index (χ3n) is 4.23. The van der Waals surface area contributed by atoms with Crippen molar-refractivity contribution >= 4 is 5.91 Å². The fraction of sp³-hybridized carbons (Fsp3) is 0.933. The molecule has 2 N–H and O–H groups in total. The molecule has 1 amide bonds. The van der Waals surface area contributed by atoms with Crippen LogP contribution in [-0.4, -0.2) is 50.1 Å². The SMILES string of the molecule is CC(C)CN1CCC(CNC(=O)C2CCCNC2)C1. The highest BCUT2D eigenvalue weighted by Crippen LogP contribution is 2.17. The van der Waals surface area contributed by atoms with Crippen LogP contribution in [0.25, 0.3) is 0 Å². The zero-order chi connectivity index (χ0) is 13.7. The van der Waals surface area contributed by atoms with E-state index in [4.69, 9.17) is 0 Å². The molecule has 2 rings (SSSR count). The second kappa shape index (κ2) is 7.25. The van der Waals surface area contributed by atoms with Gasteiger partial charge in [-0.3, -0.25) is 4.79 Å². The smallest absolute Gasteiger partial charge is 0.224 e. The van der Waals surface area contributed by atoms with E-state index in [1.54, 1.807) is 0 Å². The van der Waals surface area contributed by atoms with Gasteiger partial charge in [-0.05, 0) is 44.2 Å². The minimum atomic E-state index is 0.196. The fourth-order valence-corrected chi connectivity index (χ4v) is 3.23. The lowest BCUT2D eigenvalue weighted by Gasteiger charge is -2.23. The van der Waals surface area contributed by atoms with Gasteiger partial charge in [0.15, 0.2) is 0 Å². The summed E-state index contributed by atoms with van der Waals surface area (Å²) >= 11 is 0. The molecule has 0 aliphatic carbocycles. The van der Waals surface area contributed by atoms with Crippen molar-refractivity contribution in [3.63, 3.8) is 0 Å². The molecule has 2 aliphatic heterocycles. The topological polar surface area (TPSA) is 44.4 Å². The predicted molar refractivity (Wildman–Crippen MR) is 78.0 cm³/mol. The van der Waals surface area contributed by atoms with E-state index in [1.165, 1.54) is 19.5 Å². The molecule has 2 aliphatic rings. The summed E-state index contributed by atoms with van der Waals surface area (Å²) in [6.07, 6.45) is 3.41. The van der Waals surface area contributed by atoms with Gasteiger partial charge in [0.25, 0.3) is 0 Å². The van der Waals surface area contributed by atoms with Gasteiger partial charge in [-0.1, -0.05) is 13.8 Å². The number of rotatable bonds is 5. The Kier molecular flexibility index (Phi) is 5.64. The van der Waals surface area contributed by atoms with Crippen molar-refractivity contribution in [3.05, 3.63) is 0 Å².